The molecule has 0 radical (unpaired) electrons. The number of likely N-dealkylation sites (N-methyl/N-ethyl adjacent to an activating group) is 1. The predicted octanol–water partition coefficient (Wildman–Crippen LogP) is 3.30. The van der Waals surface area contributed by atoms with Crippen LogP contribution in [0.25, 0.3) is 0 Å². The van der Waals surface area contributed by atoms with Crippen LogP contribution in [0.5, 0.6) is 5.75 Å². The molecule has 0 spiro atoms. The topological polar surface area (TPSA) is 48.9 Å². The van der Waals surface area contributed by atoms with E-state index in [9.17, 15) is 8.78 Å². The Balaban J connectivity index is 0.00000576. The van der Waals surface area contributed by atoms with Gasteiger partial charge in [-0.1, -0.05) is 25.1 Å². The molecule has 0 amide bonds. The molecular formula is C17H29F2IN4O. The smallest absolute Gasteiger partial charge is 0.387 e. The molecule has 0 bridgehead atoms. The van der Waals surface area contributed by atoms with Crippen LogP contribution in [0.4, 0.5) is 8.78 Å². The van der Waals surface area contributed by atoms with Crippen LogP contribution in [0, 0.1) is 0 Å². The number of hydrogen-bond acceptors (Lipinski definition) is 3. The summed E-state index contributed by atoms with van der Waals surface area (Å²) in [5.41, 5.74) is 0.651. The molecule has 1 aromatic carbocycles. The van der Waals surface area contributed by atoms with E-state index in [1.807, 2.05) is 0 Å². The molecule has 0 heterocycles. The SMILES string of the molecule is CCN(CCNC(=NC)NCc1ccccc1OC(F)F)C(C)C.I. The van der Waals surface area contributed by atoms with Crippen LogP contribution in [-0.2, 0) is 6.54 Å². The summed E-state index contributed by atoms with van der Waals surface area (Å²) in [6, 6.07) is 7.22. The number of ether oxygens (including phenoxy) is 1. The normalized spacial score (nSPS) is 11.6. The number of nitrogens with zero attached hydrogens (tertiary/aromatic N) is 2. The monoisotopic (exact) mass is 470 g/mol. The number of alkyl halides is 2. The van der Waals surface area contributed by atoms with Gasteiger partial charge in [-0.25, -0.2) is 0 Å². The lowest BCUT2D eigenvalue weighted by molar-refractivity contribution is -0.0504. The number of para-hydroxylation sites is 1. The fraction of sp³-hybridized carbons (Fsp3) is 0.588. The van der Waals surface area contributed by atoms with Crippen molar-refractivity contribution in [1.82, 2.24) is 15.5 Å². The minimum absolute atomic E-state index is 0. The first-order valence-electron chi connectivity index (χ1n) is 8.19. The molecule has 0 atom stereocenters. The van der Waals surface area contributed by atoms with Crippen molar-refractivity contribution in [3.8, 4) is 5.75 Å². The van der Waals surface area contributed by atoms with Crippen LogP contribution in [0.2, 0.25) is 0 Å². The summed E-state index contributed by atoms with van der Waals surface area (Å²) in [5, 5.41) is 6.34. The van der Waals surface area contributed by atoms with Gasteiger partial charge in [-0.2, -0.15) is 8.78 Å². The molecule has 0 aliphatic heterocycles. The summed E-state index contributed by atoms with van der Waals surface area (Å²) in [6.45, 7) is 6.62. The molecule has 1 aromatic rings. The van der Waals surface area contributed by atoms with Gasteiger partial charge in [0.05, 0.1) is 0 Å². The van der Waals surface area contributed by atoms with Gasteiger partial charge in [0.1, 0.15) is 5.75 Å². The van der Waals surface area contributed by atoms with E-state index in [0.29, 0.717) is 24.1 Å². The van der Waals surface area contributed by atoms with Crippen LogP contribution in [0.3, 0.4) is 0 Å². The zero-order valence-corrected chi connectivity index (χ0v) is 17.6. The van der Waals surface area contributed by atoms with Gasteiger partial charge in [0.2, 0.25) is 0 Å². The minimum Gasteiger partial charge on any atom is -0.434 e. The molecule has 2 N–H and O–H groups in total. The summed E-state index contributed by atoms with van der Waals surface area (Å²) in [7, 11) is 1.68. The fourth-order valence-corrected chi connectivity index (χ4v) is 2.36. The van der Waals surface area contributed by atoms with Crippen molar-refractivity contribution in [3.05, 3.63) is 29.8 Å². The van der Waals surface area contributed by atoms with Gasteiger partial charge in [0.25, 0.3) is 0 Å². The minimum atomic E-state index is -2.83. The first-order valence-corrected chi connectivity index (χ1v) is 8.19. The molecule has 144 valence electrons. The van der Waals surface area contributed by atoms with Crippen molar-refractivity contribution in [2.45, 2.75) is 40.0 Å². The molecule has 1 rings (SSSR count). The lowest BCUT2D eigenvalue weighted by atomic mass is 10.2. The highest BCUT2D eigenvalue weighted by atomic mass is 127. The summed E-state index contributed by atoms with van der Waals surface area (Å²) < 4.78 is 29.4. The number of halogens is 3. The van der Waals surface area contributed by atoms with E-state index >= 15 is 0 Å². The molecule has 0 aliphatic carbocycles. The van der Waals surface area contributed by atoms with Crippen molar-refractivity contribution >= 4 is 29.9 Å². The van der Waals surface area contributed by atoms with Crippen molar-refractivity contribution in [3.63, 3.8) is 0 Å². The van der Waals surface area contributed by atoms with E-state index in [0.717, 1.165) is 19.6 Å². The standard InChI is InChI=1S/C17H28F2N4O.HI/c1-5-23(13(2)3)11-10-21-17(20-4)22-12-14-8-6-7-9-15(14)24-16(18)19;/h6-9,13,16H,5,10-12H2,1-4H3,(H2,20,21,22);1H. The highest BCUT2D eigenvalue weighted by Crippen LogP contribution is 2.19. The quantitative estimate of drug-likeness (QED) is 0.331. The second-order valence-electron chi connectivity index (χ2n) is 5.56. The van der Waals surface area contributed by atoms with Crippen molar-refractivity contribution in [2.75, 3.05) is 26.7 Å². The maximum Gasteiger partial charge on any atom is 0.387 e. The Kier molecular flexibility index (Phi) is 12.5. The lowest BCUT2D eigenvalue weighted by Gasteiger charge is -2.25. The Morgan fingerprint density at radius 3 is 2.48 bits per heavy atom. The molecule has 0 saturated carbocycles. The van der Waals surface area contributed by atoms with E-state index in [-0.39, 0.29) is 29.7 Å². The molecule has 5 nitrogen and oxygen atoms in total. The molecule has 0 aliphatic rings. The fourth-order valence-electron chi connectivity index (χ4n) is 2.36. The van der Waals surface area contributed by atoms with Gasteiger partial charge in [-0.3, -0.25) is 9.89 Å². The molecule has 0 aromatic heterocycles. The number of hydrogen-bond donors (Lipinski definition) is 2. The van der Waals surface area contributed by atoms with Crippen LogP contribution in [0.15, 0.2) is 29.3 Å². The number of rotatable bonds is 9. The highest BCUT2D eigenvalue weighted by Gasteiger charge is 2.10. The molecule has 8 heteroatoms. The Hall–Kier alpha value is -1.16. The molecule has 25 heavy (non-hydrogen) atoms. The van der Waals surface area contributed by atoms with E-state index in [1.54, 1.807) is 25.2 Å². The van der Waals surface area contributed by atoms with Crippen LogP contribution < -0.4 is 15.4 Å². The van der Waals surface area contributed by atoms with Gasteiger partial charge < -0.3 is 15.4 Å². The summed E-state index contributed by atoms with van der Waals surface area (Å²) in [4.78, 5) is 6.49. The average Bonchev–Trinajstić information content (AvgIpc) is 2.54. The van der Waals surface area contributed by atoms with Crippen molar-refractivity contribution in [2.24, 2.45) is 4.99 Å². The second-order valence-corrected chi connectivity index (χ2v) is 5.56. The summed E-state index contributed by atoms with van der Waals surface area (Å²) >= 11 is 0. The summed E-state index contributed by atoms with van der Waals surface area (Å²) in [5.74, 6) is 0.800. The Morgan fingerprint density at radius 2 is 1.92 bits per heavy atom. The number of aliphatic imine (C=N–C) groups is 1. The number of guanidine groups is 1. The van der Waals surface area contributed by atoms with Gasteiger partial charge in [-0.15, -0.1) is 24.0 Å². The molecule has 0 fully saturated rings. The van der Waals surface area contributed by atoms with Crippen LogP contribution in [0.1, 0.15) is 26.3 Å². The zero-order valence-electron chi connectivity index (χ0n) is 15.3. The second kappa shape index (κ2) is 13.1. The number of benzene rings is 1. The molecule has 0 saturated heterocycles. The van der Waals surface area contributed by atoms with Crippen LogP contribution in [-0.4, -0.2) is 50.2 Å². The van der Waals surface area contributed by atoms with E-state index in [4.69, 9.17) is 0 Å². The first kappa shape index (κ1) is 23.8. The maximum absolute atomic E-state index is 12.4. The third kappa shape index (κ3) is 9.20. The lowest BCUT2D eigenvalue weighted by Crippen LogP contribution is -2.42. The predicted molar refractivity (Wildman–Crippen MR) is 109 cm³/mol. The van der Waals surface area contributed by atoms with Gasteiger partial charge >= 0.3 is 6.61 Å². The first-order chi connectivity index (χ1) is 11.5. The van der Waals surface area contributed by atoms with E-state index in [1.165, 1.54) is 6.07 Å². The Labute approximate surface area is 166 Å². The highest BCUT2D eigenvalue weighted by molar-refractivity contribution is 14.0. The number of nitrogens with one attached hydrogen (secondary N) is 2. The van der Waals surface area contributed by atoms with Crippen molar-refractivity contribution in [1.29, 1.82) is 0 Å². The van der Waals surface area contributed by atoms with Crippen LogP contribution >= 0.6 is 24.0 Å². The van der Waals surface area contributed by atoms with Crippen molar-refractivity contribution < 1.29 is 13.5 Å². The zero-order chi connectivity index (χ0) is 17.9. The summed E-state index contributed by atoms with van der Waals surface area (Å²) in [6.07, 6.45) is 0. The van der Waals surface area contributed by atoms with E-state index in [2.05, 4.69) is 46.0 Å². The third-order valence-corrected chi connectivity index (χ3v) is 3.69. The Morgan fingerprint density at radius 1 is 1.24 bits per heavy atom. The van der Waals surface area contributed by atoms with E-state index < -0.39 is 6.61 Å². The van der Waals surface area contributed by atoms with Gasteiger partial charge in [0.15, 0.2) is 5.96 Å². The van der Waals surface area contributed by atoms with Gasteiger partial charge in [0, 0.05) is 38.3 Å². The molecule has 0 unspecified atom stereocenters. The average molecular weight is 470 g/mol. The maximum atomic E-state index is 12.4. The molecular weight excluding hydrogens is 441 g/mol. The van der Waals surface area contributed by atoms with Gasteiger partial charge in [-0.05, 0) is 26.5 Å². The third-order valence-electron chi connectivity index (χ3n) is 3.69. The Bertz CT molecular complexity index is 515. The largest absolute Gasteiger partial charge is 0.434 e.